The van der Waals surface area contributed by atoms with Gasteiger partial charge in [-0.1, -0.05) is 11.3 Å². The number of hydrogen-bond acceptors (Lipinski definition) is 6. The summed E-state index contributed by atoms with van der Waals surface area (Å²) in [6, 6.07) is 0. The first-order chi connectivity index (χ1) is 8.56. The minimum absolute atomic E-state index is 0.179. The largest absolute Gasteiger partial charge is 0.396 e. The summed E-state index contributed by atoms with van der Waals surface area (Å²) in [5.41, 5.74) is 5.71. The van der Waals surface area contributed by atoms with Gasteiger partial charge in [-0.15, -0.1) is 0 Å². The molecule has 0 aliphatic rings. The predicted octanol–water partition coefficient (Wildman–Crippen LogP) is 0.684. The average Bonchev–Trinajstić information content (AvgIpc) is 2.71. The molecule has 0 aliphatic carbocycles. The van der Waals surface area contributed by atoms with Crippen molar-refractivity contribution >= 4 is 28.2 Å². The SMILES string of the molecule is CN(C)c1nc(N)c(C(=O)NCCCCCO)s1. The fraction of sp³-hybridized carbons (Fsp3) is 0.636. The molecule has 7 heteroatoms. The van der Waals surface area contributed by atoms with Crippen molar-refractivity contribution in [3.05, 3.63) is 4.88 Å². The van der Waals surface area contributed by atoms with Crippen LogP contribution in [-0.4, -0.2) is 43.2 Å². The number of nitrogens with zero attached hydrogens (tertiary/aromatic N) is 2. The highest BCUT2D eigenvalue weighted by Crippen LogP contribution is 2.26. The van der Waals surface area contributed by atoms with Crippen LogP contribution in [0.2, 0.25) is 0 Å². The van der Waals surface area contributed by atoms with E-state index >= 15 is 0 Å². The standard InChI is InChI=1S/C11H20N4O2S/c1-15(2)11-14-9(12)8(18-11)10(17)13-6-4-3-5-7-16/h16H,3-7,12H2,1-2H3,(H,13,17). The van der Waals surface area contributed by atoms with Gasteiger partial charge in [-0.25, -0.2) is 4.98 Å². The monoisotopic (exact) mass is 272 g/mol. The molecule has 0 unspecified atom stereocenters. The Hall–Kier alpha value is -1.34. The second kappa shape index (κ2) is 7.17. The van der Waals surface area contributed by atoms with Crippen molar-refractivity contribution in [2.75, 3.05) is 37.9 Å². The summed E-state index contributed by atoms with van der Waals surface area (Å²) in [7, 11) is 3.71. The predicted molar refractivity (Wildman–Crippen MR) is 74.1 cm³/mol. The van der Waals surface area contributed by atoms with E-state index < -0.39 is 0 Å². The zero-order valence-corrected chi connectivity index (χ0v) is 11.6. The highest BCUT2D eigenvalue weighted by Gasteiger charge is 2.16. The maximum Gasteiger partial charge on any atom is 0.265 e. The average molecular weight is 272 g/mol. The van der Waals surface area contributed by atoms with Gasteiger partial charge in [0.05, 0.1) is 0 Å². The number of amides is 1. The summed E-state index contributed by atoms with van der Waals surface area (Å²) >= 11 is 1.28. The second-order valence-corrected chi connectivity index (χ2v) is 5.12. The van der Waals surface area contributed by atoms with Crippen molar-refractivity contribution in [3.63, 3.8) is 0 Å². The fourth-order valence-corrected chi connectivity index (χ4v) is 2.19. The van der Waals surface area contributed by atoms with Crippen LogP contribution in [0.1, 0.15) is 28.9 Å². The molecule has 0 aliphatic heterocycles. The highest BCUT2D eigenvalue weighted by atomic mass is 32.1. The highest BCUT2D eigenvalue weighted by molar-refractivity contribution is 7.18. The van der Waals surface area contributed by atoms with Gasteiger partial charge in [0.25, 0.3) is 5.91 Å². The molecule has 18 heavy (non-hydrogen) atoms. The number of hydrogen-bond donors (Lipinski definition) is 3. The van der Waals surface area contributed by atoms with Crippen LogP contribution < -0.4 is 16.0 Å². The lowest BCUT2D eigenvalue weighted by atomic mass is 10.2. The summed E-state index contributed by atoms with van der Waals surface area (Å²) < 4.78 is 0. The van der Waals surface area contributed by atoms with E-state index in [4.69, 9.17) is 10.8 Å². The Balaban J connectivity index is 2.46. The molecule has 1 heterocycles. The molecule has 0 saturated heterocycles. The van der Waals surface area contributed by atoms with Crippen molar-refractivity contribution in [2.45, 2.75) is 19.3 Å². The zero-order valence-electron chi connectivity index (χ0n) is 10.8. The van der Waals surface area contributed by atoms with Gasteiger partial charge in [-0.2, -0.15) is 0 Å². The third-order valence-corrected chi connectivity index (χ3v) is 3.59. The van der Waals surface area contributed by atoms with Crippen molar-refractivity contribution in [3.8, 4) is 0 Å². The van der Waals surface area contributed by atoms with Gasteiger partial charge in [-0.05, 0) is 19.3 Å². The molecule has 102 valence electrons. The smallest absolute Gasteiger partial charge is 0.265 e. The number of nitrogen functional groups attached to an aromatic ring is 1. The van der Waals surface area contributed by atoms with E-state index in [1.54, 1.807) is 0 Å². The van der Waals surface area contributed by atoms with Crippen LogP contribution in [-0.2, 0) is 0 Å². The van der Waals surface area contributed by atoms with Crippen LogP contribution in [0.5, 0.6) is 0 Å². The molecule has 1 aromatic heterocycles. The first-order valence-corrected chi connectivity index (χ1v) is 6.70. The molecule has 0 aromatic carbocycles. The Kier molecular flexibility index (Phi) is 5.87. The molecule has 1 aromatic rings. The van der Waals surface area contributed by atoms with Crippen molar-refractivity contribution in [1.29, 1.82) is 0 Å². The Bertz CT molecular complexity index is 392. The normalized spacial score (nSPS) is 10.4. The quantitative estimate of drug-likeness (QED) is 0.635. The van der Waals surface area contributed by atoms with Gasteiger partial charge in [-0.3, -0.25) is 4.79 Å². The Morgan fingerprint density at radius 1 is 1.44 bits per heavy atom. The van der Waals surface area contributed by atoms with Crippen molar-refractivity contribution in [1.82, 2.24) is 10.3 Å². The second-order valence-electron chi connectivity index (χ2n) is 4.15. The number of nitrogens with two attached hydrogens (primary N) is 1. The number of carbonyl (C=O) groups is 1. The molecule has 0 spiro atoms. The number of unbranched alkanes of at least 4 members (excludes halogenated alkanes) is 2. The lowest BCUT2D eigenvalue weighted by molar-refractivity contribution is 0.0957. The summed E-state index contributed by atoms with van der Waals surface area (Å²) in [6.07, 6.45) is 2.52. The fourth-order valence-electron chi connectivity index (χ4n) is 1.37. The van der Waals surface area contributed by atoms with Crippen LogP contribution in [0.25, 0.3) is 0 Å². The number of nitrogens with one attached hydrogen (secondary N) is 1. The third-order valence-electron chi connectivity index (χ3n) is 2.35. The van der Waals surface area contributed by atoms with Gasteiger partial charge in [0.15, 0.2) is 5.13 Å². The third kappa shape index (κ3) is 4.15. The molecule has 0 fully saturated rings. The number of carbonyl (C=O) groups excluding carboxylic acids is 1. The number of aliphatic hydroxyl groups is 1. The van der Waals surface area contributed by atoms with Gasteiger partial charge < -0.3 is 21.1 Å². The zero-order chi connectivity index (χ0) is 13.5. The number of rotatable bonds is 7. The van der Waals surface area contributed by atoms with E-state index in [-0.39, 0.29) is 18.3 Å². The van der Waals surface area contributed by atoms with Crippen LogP contribution in [0.15, 0.2) is 0 Å². The minimum atomic E-state index is -0.179. The molecule has 6 nitrogen and oxygen atoms in total. The van der Waals surface area contributed by atoms with E-state index in [0.29, 0.717) is 11.4 Å². The lowest BCUT2D eigenvalue weighted by Gasteiger charge is -2.05. The summed E-state index contributed by atoms with van der Waals surface area (Å²) in [6.45, 7) is 0.787. The van der Waals surface area contributed by atoms with Gasteiger partial charge in [0.2, 0.25) is 0 Å². The Morgan fingerprint density at radius 2 is 2.17 bits per heavy atom. The van der Waals surface area contributed by atoms with E-state index in [2.05, 4.69) is 10.3 Å². The molecular formula is C11H20N4O2S. The van der Waals surface area contributed by atoms with Crippen LogP contribution in [0.4, 0.5) is 10.9 Å². The van der Waals surface area contributed by atoms with E-state index in [9.17, 15) is 4.79 Å². The molecular weight excluding hydrogens is 252 g/mol. The molecule has 0 atom stereocenters. The molecule has 1 rings (SSSR count). The first-order valence-electron chi connectivity index (χ1n) is 5.89. The number of thiazole rings is 1. The van der Waals surface area contributed by atoms with Gasteiger partial charge in [0, 0.05) is 27.2 Å². The Labute approximate surface area is 111 Å². The lowest BCUT2D eigenvalue weighted by Crippen LogP contribution is -2.24. The van der Waals surface area contributed by atoms with Crippen LogP contribution in [0.3, 0.4) is 0 Å². The van der Waals surface area contributed by atoms with Gasteiger partial charge in [0.1, 0.15) is 10.7 Å². The summed E-state index contributed by atoms with van der Waals surface area (Å²) in [5, 5.41) is 12.2. The molecule has 4 N–H and O–H groups in total. The number of aromatic nitrogens is 1. The van der Waals surface area contributed by atoms with Crippen LogP contribution >= 0.6 is 11.3 Å². The minimum Gasteiger partial charge on any atom is -0.396 e. The van der Waals surface area contributed by atoms with E-state index in [1.165, 1.54) is 11.3 Å². The number of aliphatic hydroxyl groups excluding tert-OH is 1. The molecule has 1 amide bonds. The van der Waals surface area contributed by atoms with Crippen molar-refractivity contribution in [2.24, 2.45) is 0 Å². The van der Waals surface area contributed by atoms with E-state index in [0.717, 1.165) is 24.4 Å². The van der Waals surface area contributed by atoms with E-state index in [1.807, 2.05) is 19.0 Å². The summed E-state index contributed by atoms with van der Waals surface area (Å²) in [4.78, 5) is 18.2. The maximum atomic E-state index is 11.8. The molecule has 0 saturated carbocycles. The first kappa shape index (κ1) is 14.7. The summed E-state index contributed by atoms with van der Waals surface area (Å²) in [5.74, 6) is 0.0960. The van der Waals surface area contributed by atoms with Crippen LogP contribution in [0, 0.1) is 0 Å². The molecule has 0 bridgehead atoms. The topological polar surface area (TPSA) is 91.5 Å². The number of anilines is 2. The van der Waals surface area contributed by atoms with Crippen molar-refractivity contribution < 1.29 is 9.90 Å². The molecule has 0 radical (unpaired) electrons. The van der Waals surface area contributed by atoms with Gasteiger partial charge >= 0.3 is 0 Å². The Morgan fingerprint density at radius 3 is 2.72 bits per heavy atom. The maximum absolute atomic E-state index is 11.8.